The van der Waals surface area contributed by atoms with Gasteiger partial charge in [0.05, 0.1) is 11.4 Å². The SMILES string of the molecule is COn1c(-c2ccc[nH]2)cc(OC(C)=O)c1C. The van der Waals surface area contributed by atoms with Crippen molar-refractivity contribution in [2.75, 3.05) is 7.11 Å². The van der Waals surface area contributed by atoms with E-state index in [1.807, 2.05) is 25.3 Å². The van der Waals surface area contributed by atoms with Gasteiger partial charge in [-0.2, -0.15) is 4.73 Å². The highest BCUT2D eigenvalue weighted by molar-refractivity contribution is 5.71. The number of nitrogens with zero attached hydrogens (tertiary/aromatic N) is 1. The number of aromatic amines is 1. The molecule has 0 aliphatic heterocycles. The molecule has 0 unspecified atom stereocenters. The summed E-state index contributed by atoms with van der Waals surface area (Å²) in [5.74, 6) is 0.156. The van der Waals surface area contributed by atoms with Crippen molar-refractivity contribution in [2.24, 2.45) is 0 Å². The minimum atomic E-state index is -0.348. The summed E-state index contributed by atoms with van der Waals surface area (Å²) in [5.41, 5.74) is 2.45. The molecule has 0 aliphatic rings. The number of esters is 1. The first-order valence-corrected chi connectivity index (χ1v) is 5.22. The fourth-order valence-corrected chi connectivity index (χ4v) is 1.74. The molecular weight excluding hydrogens is 220 g/mol. The third-order valence-corrected chi connectivity index (χ3v) is 2.46. The van der Waals surface area contributed by atoms with Gasteiger partial charge >= 0.3 is 5.97 Å². The Labute approximate surface area is 98.9 Å². The first-order chi connectivity index (χ1) is 8.13. The fourth-order valence-electron chi connectivity index (χ4n) is 1.74. The Morgan fingerprint density at radius 2 is 2.24 bits per heavy atom. The number of ether oxygens (including phenoxy) is 1. The number of carbonyl (C=O) groups is 1. The summed E-state index contributed by atoms with van der Waals surface area (Å²) in [6.45, 7) is 3.20. The molecule has 17 heavy (non-hydrogen) atoms. The molecular formula is C12H14N2O3. The minimum Gasteiger partial charge on any atom is -0.425 e. The lowest BCUT2D eigenvalue weighted by Gasteiger charge is -2.07. The van der Waals surface area contributed by atoms with Gasteiger partial charge in [-0.25, -0.2) is 0 Å². The summed E-state index contributed by atoms with van der Waals surface area (Å²) < 4.78 is 6.73. The Balaban J connectivity index is 2.49. The molecule has 90 valence electrons. The van der Waals surface area contributed by atoms with Crippen LogP contribution in [-0.2, 0) is 4.79 Å². The Morgan fingerprint density at radius 1 is 1.47 bits per heavy atom. The molecule has 0 spiro atoms. The van der Waals surface area contributed by atoms with Crippen molar-refractivity contribution in [1.82, 2.24) is 9.71 Å². The highest BCUT2D eigenvalue weighted by Gasteiger charge is 2.16. The van der Waals surface area contributed by atoms with Gasteiger partial charge < -0.3 is 14.6 Å². The molecule has 1 N–H and O–H groups in total. The van der Waals surface area contributed by atoms with Gasteiger partial charge in [-0.1, -0.05) is 0 Å². The van der Waals surface area contributed by atoms with Crippen molar-refractivity contribution in [3.63, 3.8) is 0 Å². The molecule has 0 saturated heterocycles. The highest BCUT2D eigenvalue weighted by atomic mass is 16.6. The van der Waals surface area contributed by atoms with Crippen LogP contribution in [0.15, 0.2) is 24.4 Å². The average molecular weight is 234 g/mol. The van der Waals surface area contributed by atoms with Gasteiger partial charge in [-0.3, -0.25) is 4.79 Å². The second kappa shape index (κ2) is 4.37. The number of hydrogen-bond acceptors (Lipinski definition) is 3. The first kappa shape index (κ1) is 11.3. The van der Waals surface area contributed by atoms with Gasteiger partial charge in [-0.05, 0) is 19.1 Å². The molecule has 5 nitrogen and oxygen atoms in total. The molecule has 2 aromatic heterocycles. The maximum Gasteiger partial charge on any atom is 0.308 e. The summed E-state index contributed by atoms with van der Waals surface area (Å²) in [4.78, 5) is 19.3. The Bertz CT molecular complexity index is 526. The average Bonchev–Trinajstić information content (AvgIpc) is 2.87. The van der Waals surface area contributed by atoms with Crippen LogP contribution in [0, 0.1) is 6.92 Å². The summed E-state index contributed by atoms with van der Waals surface area (Å²) in [5, 5.41) is 0. The van der Waals surface area contributed by atoms with E-state index in [-0.39, 0.29) is 5.97 Å². The van der Waals surface area contributed by atoms with E-state index in [0.717, 1.165) is 17.1 Å². The van der Waals surface area contributed by atoms with Crippen LogP contribution >= 0.6 is 0 Å². The van der Waals surface area contributed by atoms with Crippen molar-refractivity contribution in [2.45, 2.75) is 13.8 Å². The van der Waals surface area contributed by atoms with Gasteiger partial charge in [0.25, 0.3) is 0 Å². The predicted octanol–water partition coefficient (Wildman–Crippen LogP) is 1.78. The van der Waals surface area contributed by atoms with Crippen LogP contribution in [0.2, 0.25) is 0 Å². The molecule has 5 heteroatoms. The number of nitrogens with one attached hydrogen (secondary N) is 1. The molecule has 0 atom stereocenters. The van der Waals surface area contributed by atoms with Crippen molar-refractivity contribution >= 4 is 5.97 Å². The number of carbonyl (C=O) groups excluding carboxylic acids is 1. The number of hydrogen-bond donors (Lipinski definition) is 1. The van der Waals surface area contributed by atoms with Crippen molar-refractivity contribution in [3.05, 3.63) is 30.1 Å². The van der Waals surface area contributed by atoms with E-state index < -0.39 is 0 Å². The van der Waals surface area contributed by atoms with Crippen molar-refractivity contribution in [1.29, 1.82) is 0 Å². The quantitative estimate of drug-likeness (QED) is 0.823. The van der Waals surface area contributed by atoms with Crippen LogP contribution in [0.4, 0.5) is 0 Å². The lowest BCUT2D eigenvalue weighted by atomic mass is 10.3. The Hall–Kier alpha value is -2.17. The van der Waals surface area contributed by atoms with Crippen molar-refractivity contribution < 1.29 is 14.4 Å². The zero-order valence-corrected chi connectivity index (χ0v) is 9.98. The highest BCUT2D eigenvalue weighted by Crippen LogP contribution is 2.28. The molecule has 2 heterocycles. The normalized spacial score (nSPS) is 10.3. The fraction of sp³-hybridized carbons (Fsp3) is 0.250. The van der Waals surface area contributed by atoms with Crippen molar-refractivity contribution in [3.8, 4) is 17.1 Å². The zero-order chi connectivity index (χ0) is 12.4. The third kappa shape index (κ3) is 2.04. The molecule has 0 aliphatic carbocycles. The van der Waals surface area contributed by atoms with Gasteiger partial charge in [0, 0.05) is 19.2 Å². The molecule has 0 bridgehead atoms. The van der Waals surface area contributed by atoms with E-state index in [1.54, 1.807) is 17.9 Å². The smallest absolute Gasteiger partial charge is 0.308 e. The zero-order valence-electron chi connectivity index (χ0n) is 9.98. The molecule has 2 rings (SSSR count). The topological polar surface area (TPSA) is 56.2 Å². The standard InChI is InChI=1S/C12H14N2O3/c1-8-12(17-9(2)15)7-11(14(8)16-3)10-5-4-6-13-10/h4-7,13H,1-3H3. The van der Waals surface area contributed by atoms with Crippen LogP contribution < -0.4 is 9.57 Å². The summed E-state index contributed by atoms with van der Waals surface area (Å²) in [6, 6.07) is 5.58. The van der Waals surface area contributed by atoms with Crippen LogP contribution in [0.3, 0.4) is 0 Å². The number of H-pyrrole nitrogens is 1. The molecule has 2 aromatic rings. The molecule has 0 aromatic carbocycles. The predicted molar refractivity (Wildman–Crippen MR) is 62.8 cm³/mol. The lowest BCUT2D eigenvalue weighted by Crippen LogP contribution is -2.10. The lowest BCUT2D eigenvalue weighted by molar-refractivity contribution is -0.131. The van der Waals surface area contributed by atoms with Gasteiger partial charge in [0.1, 0.15) is 12.8 Å². The van der Waals surface area contributed by atoms with Gasteiger partial charge in [-0.15, -0.1) is 0 Å². The third-order valence-electron chi connectivity index (χ3n) is 2.46. The van der Waals surface area contributed by atoms with Gasteiger partial charge in [0.15, 0.2) is 5.75 Å². The van der Waals surface area contributed by atoms with E-state index in [9.17, 15) is 4.79 Å². The van der Waals surface area contributed by atoms with Crippen LogP contribution in [0.5, 0.6) is 5.75 Å². The summed E-state index contributed by atoms with van der Waals surface area (Å²) in [7, 11) is 1.57. The van der Waals surface area contributed by atoms with E-state index in [1.165, 1.54) is 6.92 Å². The van der Waals surface area contributed by atoms with Gasteiger partial charge in [0.2, 0.25) is 0 Å². The number of aromatic nitrogens is 2. The van der Waals surface area contributed by atoms with Crippen LogP contribution in [0.1, 0.15) is 12.6 Å². The van der Waals surface area contributed by atoms with Crippen LogP contribution in [0.25, 0.3) is 11.4 Å². The van der Waals surface area contributed by atoms with E-state index in [4.69, 9.17) is 9.57 Å². The first-order valence-electron chi connectivity index (χ1n) is 5.22. The monoisotopic (exact) mass is 234 g/mol. The Kier molecular flexibility index (Phi) is 2.91. The minimum absolute atomic E-state index is 0.348. The maximum atomic E-state index is 11.0. The number of rotatable bonds is 3. The molecule has 0 amide bonds. The molecule has 0 fully saturated rings. The molecule has 0 radical (unpaired) electrons. The largest absolute Gasteiger partial charge is 0.425 e. The van der Waals surface area contributed by atoms with E-state index >= 15 is 0 Å². The maximum absolute atomic E-state index is 11.0. The molecule has 0 saturated carbocycles. The second-order valence-electron chi connectivity index (χ2n) is 3.63. The summed E-state index contributed by atoms with van der Waals surface area (Å²) in [6.07, 6.45) is 1.82. The second-order valence-corrected chi connectivity index (χ2v) is 3.63. The van der Waals surface area contributed by atoms with E-state index in [0.29, 0.717) is 5.75 Å². The Morgan fingerprint density at radius 3 is 2.76 bits per heavy atom. The van der Waals surface area contributed by atoms with Crippen LogP contribution in [-0.4, -0.2) is 22.8 Å². The summed E-state index contributed by atoms with van der Waals surface area (Å²) >= 11 is 0. The van der Waals surface area contributed by atoms with E-state index in [2.05, 4.69) is 4.98 Å².